The van der Waals surface area contributed by atoms with Crippen LogP contribution in [-0.2, 0) is 11.8 Å². The first-order valence-electron chi connectivity index (χ1n) is 8.36. The van der Waals surface area contributed by atoms with Crippen LogP contribution >= 0.6 is 23.2 Å². The third kappa shape index (κ3) is 3.41. The van der Waals surface area contributed by atoms with Gasteiger partial charge in [0.1, 0.15) is 5.82 Å². The normalized spacial score (nSPS) is 15.7. The van der Waals surface area contributed by atoms with E-state index in [1.807, 2.05) is 12.1 Å². The Morgan fingerprint density at radius 3 is 2.44 bits per heavy atom. The molecule has 0 amide bonds. The molecule has 1 fully saturated rings. The number of hydrogen-bond acceptors (Lipinski definition) is 5. The third-order valence-electron chi connectivity index (χ3n) is 4.91. The van der Waals surface area contributed by atoms with Crippen LogP contribution in [0.1, 0.15) is 43.0 Å². The molecule has 0 unspecified atom stereocenters. The van der Waals surface area contributed by atoms with Crippen molar-refractivity contribution in [1.82, 2.24) is 20.2 Å². The molecule has 0 bridgehead atoms. The maximum atomic E-state index is 12.6. The zero-order chi connectivity index (χ0) is 19.0. The van der Waals surface area contributed by atoms with E-state index in [2.05, 4.69) is 20.2 Å². The summed E-state index contributed by atoms with van der Waals surface area (Å²) in [5.41, 5.74) is 1.26. The van der Waals surface area contributed by atoms with Gasteiger partial charge in [-0.1, -0.05) is 41.8 Å². The van der Waals surface area contributed by atoms with Crippen LogP contribution in [0, 0.1) is 0 Å². The Kier molecular flexibility index (Phi) is 4.82. The molecule has 1 aliphatic rings. The SMILES string of the molecule is FC(F)c1nnc(-c2cnc(CC3(c4cccc(Cl)c4Cl)CCC3)nc2)o1. The number of benzene rings is 1. The first kappa shape index (κ1) is 18.3. The molecule has 0 atom stereocenters. The van der Waals surface area contributed by atoms with Gasteiger partial charge in [0.25, 0.3) is 11.8 Å². The van der Waals surface area contributed by atoms with Crippen molar-refractivity contribution in [2.75, 3.05) is 0 Å². The minimum atomic E-state index is -2.81. The van der Waals surface area contributed by atoms with E-state index >= 15 is 0 Å². The Hall–Kier alpha value is -2.12. The molecule has 0 spiro atoms. The topological polar surface area (TPSA) is 64.7 Å². The molecule has 4 rings (SSSR count). The van der Waals surface area contributed by atoms with Crippen LogP contribution in [0.2, 0.25) is 10.0 Å². The van der Waals surface area contributed by atoms with Crippen molar-refractivity contribution >= 4 is 23.2 Å². The molecule has 0 N–H and O–H groups in total. The molecule has 3 aromatic rings. The van der Waals surface area contributed by atoms with E-state index in [1.54, 1.807) is 6.07 Å². The Labute approximate surface area is 163 Å². The lowest BCUT2D eigenvalue weighted by Crippen LogP contribution is -2.37. The van der Waals surface area contributed by atoms with Crippen LogP contribution in [0.5, 0.6) is 0 Å². The largest absolute Gasteiger partial charge is 0.415 e. The minimum absolute atomic E-state index is 0.0342. The molecule has 5 nitrogen and oxygen atoms in total. The molecule has 2 aromatic heterocycles. The third-order valence-corrected chi connectivity index (χ3v) is 5.73. The smallest absolute Gasteiger partial charge is 0.314 e. The van der Waals surface area contributed by atoms with Crippen molar-refractivity contribution in [3.05, 3.63) is 57.9 Å². The predicted molar refractivity (Wildman–Crippen MR) is 96.0 cm³/mol. The summed E-state index contributed by atoms with van der Waals surface area (Å²) in [5.74, 6) is -0.130. The number of nitrogens with zero attached hydrogens (tertiary/aromatic N) is 4. The maximum absolute atomic E-state index is 12.6. The lowest BCUT2D eigenvalue weighted by Gasteiger charge is -2.42. The molecule has 1 aromatic carbocycles. The number of alkyl halides is 2. The predicted octanol–water partition coefficient (Wildman–Crippen LogP) is 5.44. The summed E-state index contributed by atoms with van der Waals surface area (Å²) in [7, 11) is 0. The standard InChI is InChI=1S/C18H14Cl2F2N4O/c19-12-4-1-3-11(14(12)20)18(5-2-6-18)7-13-23-8-10(9-24-13)16-25-26-17(27-16)15(21)22/h1,3-4,8-9,15H,2,5-7H2. The minimum Gasteiger partial charge on any atom is -0.415 e. The van der Waals surface area contributed by atoms with E-state index < -0.39 is 12.3 Å². The lowest BCUT2D eigenvalue weighted by molar-refractivity contribution is 0.116. The Balaban J connectivity index is 1.57. The summed E-state index contributed by atoms with van der Waals surface area (Å²) in [5, 5.41) is 8.00. The van der Waals surface area contributed by atoms with Crippen LogP contribution < -0.4 is 0 Å². The van der Waals surface area contributed by atoms with E-state index in [4.69, 9.17) is 27.6 Å². The summed E-state index contributed by atoms with van der Waals surface area (Å²) in [6.45, 7) is 0. The van der Waals surface area contributed by atoms with E-state index in [0.29, 0.717) is 27.9 Å². The van der Waals surface area contributed by atoms with E-state index in [0.717, 1.165) is 24.8 Å². The van der Waals surface area contributed by atoms with Crippen molar-refractivity contribution in [3.8, 4) is 11.5 Å². The molecule has 1 saturated carbocycles. The van der Waals surface area contributed by atoms with Crippen LogP contribution in [0.15, 0.2) is 35.0 Å². The molecule has 0 radical (unpaired) electrons. The molecule has 0 aliphatic heterocycles. The number of rotatable bonds is 5. The van der Waals surface area contributed by atoms with Crippen LogP contribution in [0.3, 0.4) is 0 Å². The molecule has 0 saturated heterocycles. The fourth-order valence-electron chi connectivity index (χ4n) is 3.36. The van der Waals surface area contributed by atoms with Crippen LogP contribution in [-0.4, -0.2) is 20.2 Å². The molecule has 2 heterocycles. The van der Waals surface area contributed by atoms with Gasteiger partial charge in [0.05, 0.1) is 15.6 Å². The summed E-state index contributed by atoms with van der Waals surface area (Å²) >= 11 is 12.6. The first-order chi connectivity index (χ1) is 13.0. The fourth-order valence-corrected chi connectivity index (χ4v) is 3.86. The van der Waals surface area contributed by atoms with Crippen LogP contribution in [0.25, 0.3) is 11.5 Å². The van der Waals surface area contributed by atoms with Gasteiger partial charge in [0, 0.05) is 24.2 Å². The summed E-state index contributed by atoms with van der Waals surface area (Å²) in [6, 6.07) is 5.65. The average Bonchev–Trinajstić information content (AvgIpc) is 3.12. The summed E-state index contributed by atoms with van der Waals surface area (Å²) < 4.78 is 30.0. The van der Waals surface area contributed by atoms with Gasteiger partial charge in [-0.05, 0) is 24.5 Å². The lowest BCUT2D eigenvalue weighted by atomic mass is 9.62. The van der Waals surface area contributed by atoms with E-state index in [1.165, 1.54) is 12.4 Å². The van der Waals surface area contributed by atoms with Gasteiger partial charge in [-0.25, -0.2) is 9.97 Å². The first-order valence-corrected chi connectivity index (χ1v) is 9.11. The van der Waals surface area contributed by atoms with Crippen LogP contribution in [0.4, 0.5) is 8.78 Å². The fraction of sp³-hybridized carbons (Fsp3) is 0.333. The highest BCUT2D eigenvalue weighted by Crippen LogP contribution is 2.49. The van der Waals surface area contributed by atoms with Crippen molar-refractivity contribution in [2.24, 2.45) is 0 Å². The quantitative estimate of drug-likeness (QED) is 0.560. The number of aromatic nitrogens is 4. The van der Waals surface area contributed by atoms with Crippen molar-refractivity contribution in [1.29, 1.82) is 0 Å². The van der Waals surface area contributed by atoms with Gasteiger partial charge in [-0.2, -0.15) is 8.78 Å². The van der Waals surface area contributed by atoms with E-state index in [-0.39, 0.29) is 11.3 Å². The highest BCUT2D eigenvalue weighted by molar-refractivity contribution is 6.42. The average molecular weight is 411 g/mol. The van der Waals surface area contributed by atoms with Crippen molar-refractivity contribution < 1.29 is 13.2 Å². The Morgan fingerprint density at radius 2 is 1.85 bits per heavy atom. The number of halogens is 4. The highest BCUT2D eigenvalue weighted by atomic mass is 35.5. The van der Waals surface area contributed by atoms with Gasteiger partial charge in [-0.15, -0.1) is 10.2 Å². The number of hydrogen-bond donors (Lipinski definition) is 0. The van der Waals surface area contributed by atoms with Gasteiger partial charge >= 0.3 is 6.43 Å². The maximum Gasteiger partial charge on any atom is 0.314 e. The molecular formula is C18H14Cl2F2N4O. The second kappa shape index (κ2) is 7.13. The Bertz CT molecular complexity index is 958. The summed E-state index contributed by atoms with van der Waals surface area (Å²) in [6.07, 6.45) is 3.83. The molecule has 9 heteroatoms. The van der Waals surface area contributed by atoms with Crippen molar-refractivity contribution in [3.63, 3.8) is 0 Å². The Morgan fingerprint density at radius 1 is 1.11 bits per heavy atom. The monoisotopic (exact) mass is 410 g/mol. The highest BCUT2D eigenvalue weighted by Gasteiger charge is 2.41. The van der Waals surface area contributed by atoms with Gasteiger partial charge in [0.15, 0.2) is 0 Å². The zero-order valence-corrected chi connectivity index (χ0v) is 15.5. The second-order valence-corrected chi connectivity index (χ2v) is 7.33. The van der Waals surface area contributed by atoms with Crippen molar-refractivity contribution in [2.45, 2.75) is 37.5 Å². The van der Waals surface area contributed by atoms with Gasteiger partial charge in [-0.3, -0.25) is 0 Å². The van der Waals surface area contributed by atoms with E-state index in [9.17, 15) is 8.78 Å². The van der Waals surface area contributed by atoms with Gasteiger partial charge in [0.2, 0.25) is 0 Å². The zero-order valence-electron chi connectivity index (χ0n) is 14.0. The molecule has 140 valence electrons. The summed E-state index contributed by atoms with van der Waals surface area (Å²) in [4.78, 5) is 8.70. The second-order valence-electron chi connectivity index (χ2n) is 6.55. The molecular weight excluding hydrogens is 397 g/mol. The molecule has 1 aliphatic carbocycles. The molecule has 27 heavy (non-hydrogen) atoms. The van der Waals surface area contributed by atoms with Gasteiger partial charge < -0.3 is 4.42 Å².